The largest absolute Gasteiger partial charge is 0.368 e. The summed E-state index contributed by atoms with van der Waals surface area (Å²) in [5.74, 6) is 0.476. The number of pyridine rings is 1. The van der Waals surface area contributed by atoms with Gasteiger partial charge in [-0.25, -0.2) is 4.98 Å². The van der Waals surface area contributed by atoms with Crippen LogP contribution in [0.15, 0.2) is 6.20 Å². The molecule has 1 aliphatic heterocycles. The van der Waals surface area contributed by atoms with Crippen LogP contribution in [-0.2, 0) is 6.54 Å². The molecule has 22 heavy (non-hydrogen) atoms. The first-order valence-electron chi connectivity index (χ1n) is 7.01. The van der Waals surface area contributed by atoms with Gasteiger partial charge in [0.1, 0.15) is 13.7 Å². The highest BCUT2D eigenvalue weighted by molar-refractivity contribution is 6.37. The maximum absolute atomic E-state index is 12.1. The van der Waals surface area contributed by atoms with Crippen molar-refractivity contribution in [1.82, 2.24) is 15.0 Å². The molecule has 2 N–H and O–H groups in total. The fraction of sp³-hybridized carbons (Fsp3) is 0.333. The molecule has 0 atom stereocenters. The lowest BCUT2D eigenvalue weighted by molar-refractivity contribution is 0.101. The van der Waals surface area contributed by atoms with E-state index in [2.05, 4.69) is 21.9 Å². The average Bonchev–Trinajstić information content (AvgIpc) is 2.76. The average molecular weight is 293 g/mol. The number of nitrogen functional groups attached to an aromatic ring is 1. The number of fused-ring (bicyclic) bond motifs is 1. The predicted octanol–water partition coefficient (Wildman–Crippen LogP) is 0.376. The van der Waals surface area contributed by atoms with Crippen LogP contribution in [0, 0.1) is 20.8 Å². The zero-order valence-electron chi connectivity index (χ0n) is 12.8. The number of Topliss-reactive ketones (excluding diaryl/α,β-unsaturated/α-hetero) is 1. The normalized spacial score (nSPS) is 13.6. The van der Waals surface area contributed by atoms with Crippen molar-refractivity contribution in [2.24, 2.45) is 0 Å². The molecular weight excluding hydrogens is 277 g/mol. The third kappa shape index (κ3) is 2.22. The standard InChI is InChI=1S/C15H16BN5O/c1-7-4-18-10(9(3)8(7)2)5-21-6-11(22)12-13(16)19-15(17)20-14(12)21/h4H,5-6H2,1-3H3,(H2,17,19,20). The van der Waals surface area contributed by atoms with Crippen LogP contribution in [0.2, 0.25) is 0 Å². The van der Waals surface area contributed by atoms with Crippen LogP contribution in [-0.4, -0.2) is 35.1 Å². The van der Waals surface area contributed by atoms with E-state index in [9.17, 15) is 4.79 Å². The van der Waals surface area contributed by atoms with Crippen molar-refractivity contribution in [2.75, 3.05) is 17.2 Å². The highest BCUT2D eigenvalue weighted by Crippen LogP contribution is 2.27. The molecule has 0 fully saturated rings. The lowest BCUT2D eigenvalue weighted by atomic mass is 9.97. The third-order valence-electron chi connectivity index (χ3n) is 4.19. The lowest BCUT2D eigenvalue weighted by Gasteiger charge is -2.19. The van der Waals surface area contributed by atoms with Crippen molar-refractivity contribution >= 4 is 31.0 Å². The summed E-state index contributed by atoms with van der Waals surface area (Å²) in [4.78, 5) is 26.5. The maximum atomic E-state index is 12.1. The van der Waals surface area contributed by atoms with E-state index in [-0.39, 0.29) is 23.9 Å². The minimum atomic E-state index is -0.0889. The number of carbonyl (C=O) groups excluding carboxylic acids is 1. The van der Waals surface area contributed by atoms with Crippen LogP contribution in [0.25, 0.3) is 0 Å². The number of hydrogen-bond acceptors (Lipinski definition) is 6. The summed E-state index contributed by atoms with van der Waals surface area (Å²) in [6.07, 6.45) is 1.85. The molecule has 6 nitrogen and oxygen atoms in total. The Morgan fingerprint density at radius 3 is 2.73 bits per heavy atom. The number of carbonyl (C=O) groups is 1. The number of hydrogen-bond donors (Lipinski definition) is 1. The highest BCUT2D eigenvalue weighted by atomic mass is 16.1. The fourth-order valence-corrected chi connectivity index (χ4v) is 2.66. The van der Waals surface area contributed by atoms with Gasteiger partial charge in [0, 0.05) is 11.8 Å². The van der Waals surface area contributed by atoms with E-state index in [4.69, 9.17) is 13.6 Å². The Morgan fingerprint density at radius 2 is 2.00 bits per heavy atom. The van der Waals surface area contributed by atoms with E-state index >= 15 is 0 Å². The summed E-state index contributed by atoms with van der Waals surface area (Å²) < 4.78 is 0. The zero-order valence-corrected chi connectivity index (χ0v) is 12.8. The number of nitrogens with zero attached hydrogens (tertiary/aromatic N) is 4. The molecule has 0 spiro atoms. The van der Waals surface area contributed by atoms with Gasteiger partial charge in [0.2, 0.25) is 5.95 Å². The minimum Gasteiger partial charge on any atom is -0.368 e. The van der Waals surface area contributed by atoms with E-state index < -0.39 is 0 Å². The number of nitrogens with two attached hydrogens (primary N) is 1. The smallest absolute Gasteiger partial charge is 0.221 e. The molecule has 2 aromatic rings. The zero-order chi connectivity index (χ0) is 16.0. The summed E-state index contributed by atoms with van der Waals surface area (Å²) in [7, 11) is 5.80. The summed E-state index contributed by atoms with van der Waals surface area (Å²) in [5.41, 5.74) is 10.5. The Bertz CT molecular complexity index is 790. The Labute approximate surface area is 130 Å². The van der Waals surface area contributed by atoms with E-state index in [1.165, 1.54) is 5.56 Å². The first-order chi connectivity index (χ1) is 10.4. The van der Waals surface area contributed by atoms with Gasteiger partial charge >= 0.3 is 0 Å². The van der Waals surface area contributed by atoms with Crippen molar-refractivity contribution in [3.8, 4) is 0 Å². The molecule has 3 heterocycles. The second-order valence-corrected chi connectivity index (χ2v) is 5.58. The summed E-state index contributed by atoms with van der Waals surface area (Å²) in [6.45, 7) is 6.83. The molecule has 0 aromatic carbocycles. The SMILES string of the molecule is [B]c1nc(N)nc2c1C(=O)CN2Cc1ncc(C)c(C)c1C. The van der Waals surface area contributed by atoms with Crippen LogP contribution in [0.5, 0.6) is 0 Å². The second-order valence-electron chi connectivity index (χ2n) is 5.58. The van der Waals surface area contributed by atoms with Gasteiger partial charge in [-0.3, -0.25) is 9.78 Å². The van der Waals surface area contributed by atoms with Gasteiger partial charge < -0.3 is 10.6 Å². The van der Waals surface area contributed by atoms with Gasteiger partial charge in [0.15, 0.2) is 5.78 Å². The van der Waals surface area contributed by atoms with Gasteiger partial charge in [-0.15, -0.1) is 0 Å². The molecular formula is C15H16BN5O. The Morgan fingerprint density at radius 1 is 1.27 bits per heavy atom. The van der Waals surface area contributed by atoms with Crippen molar-refractivity contribution in [3.63, 3.8) is 0 Å². The number of rotatable bonds is 2. The summed E-state index contributed by atoms with van der Waals surface area (Å²) in [5, 5.41) is 0. The molecule has 3 rings (SSSR count). The molecule has 0 amide bonds. The molecule has 2 radical (unpaired) electrons. The molecule has 0 aliphatic carbocycles. The second kappa shape index (κ2) is 5.08. The van der Waals surface area contributed by atoms with E-state index in [1.54, 1.807) is 0 Å². The van der Waals surface area contributed by atoms with E-state index in [1.807, 2.05) is 24.9 Å². The molecule has 0 bridgehead atoms. The van der Waals surface area contributed by atoms with Gasteiger partial charge in [-0.2, -0.15) is 4.98 Å². The maximum Gasteiger partial charge on any atom is 0.221 e. The fourth-order valence-electron chi connectivity index (χ4n) is 2.66. The lowest BCUT2D eigenvalue weighted by Crippen LogP contribution is -2.24. The highest BCUT2D eigenvalue weighted by Gasteiger charge is 2.31. The number of aryl methyl sites for hydroxylation is 1. The monoisotopic (exact) mass is 293 g/mol. The van der Waals surface area contributed by atoms with Crippen LogP contribution >= 0.6 is 0 Å². The molecule has 2 aromatic heterocycles. The van der Waals surface area contributed by atoms with Crippen LogP contribution in [0.1, 0.15) is 32.7 Å². The molecule has 0 unspecified atom stereocenters. The molecule has 110 valence electrons. The van der Waals surface area contributed by atoms with E-state index in [0.29, 0.717) is 17.9 Å². The van der Waals surface area contributed by atoms with Gasteiger partial charge in [-0.1, -0.05) is 0 Å². The molecule has 1 aliphatic rings. The molecule has 0 saturated heterocycles. The molecule has 0 saturated carbocycles. The Hall–Kier alpha value is -2.44. The van der Waals surface area contributed by atoms with Gasteiger partial charge in [0.25, 0.3) is 0 Å². The van der Waals surface area contributed by atoms with Crippen molar-refractivity contribution in [1.29, 1.82) is 0 Å². The quantitative estimate of drug-likeness (QED) is 0.806. The van der Waals surface area contributed by atoms with Crippen molar-refractivity contribution < 1.29 is 4.79 Å². The Balaban J connectivity index is 2.00. The van der Waals surface area contributed by atoms with Gasteiger partial charge in [-0.05, 0) is 37.5 Å². The van der Waals surface area contributed by atoms with Crippen molar-refractivity contribution in [3.05, 3.63) is 34.1 Å². The predicted molar refractivity (Wildman–Crippen MR) is 85.7 cm³/mol. The topological polar surface area (TPSA) is 85.0 Å². The number of ketones is 1. The first kappa shape index (κ1) is 14.5. The first-order valence-corrected chi connectivity index (χ1v) is 7.01. The Kier molecular flexibility index (Phi) is 3.35. The third-order valence-corrected chi connectivity index (χ3v) is 4.19. The molecule has 7 heteroatoms. The van der Waals surface area contributed by atoms with Crippen LogP contribution < -0.4 is 16.2 Å². The van der Waals surface area contributed by atoms with Crippen molar-refractivity contribution in [2.45, 2.75) is 27.3 Å². The van der Waals surface area contributed by atoms with E-state index in [0.717, 1.165) is 16.8 Å². The number of anilines is 2. The number of aromatic nitrogens is 3. The summed E-state index contributed by atoms with van der Waals surface area (Å²) in [6, 6.07) is 0. The van der Waals surface area contributed by atoms with Crippen LogP contribution in [0.3, 0.4) is 0 Å². The minimum absolute atomic E-state index is 0.0701. The summed E-state index contributed by atoms with van der Waals surface area (Å²) >= 11 is 0. The van der Waals surface area contributed by atoms with Crippen LogP contribution in [0.4, 0.5) is 11.8 Å². The van der Waals surface area contributed by atoms with Gasteiger partial charge in [0.05, 0.1) is 24.3 Å².